The van der Waals surface area contributed by atoms with E-state index >= 15 is 13.2 Å². The summed E-state index contributed by atoms with van der Waals surface area (Å²) in [5, 5.41) is 33.2. The number of fused-ring (bicyclic) bond motifs is 6. The van der Waals surface area contributed by atoms with Crippen molar-refractivity contribution in [1.82, 2.24) is 24.1 Å². The fraction of sp³-hybridized carbons (Fsp3) is 0.0253. The molecule has 0 spiro atoms. The minimum atomic E-state index is -4.87. The van der Waals surface area contributed by atoms with Gasteiger partial charge in [0.25, 0.3) is 0 Å². The van der Waals surface area contributed by atoms with Crippen LogP contribution in [-0.4, -0.2) is 24.1 Å². The number of alkyl halides is 3. The van der Waals surface area contributed by atoms with Crippen LogP contribution in [0.25, 0.3) is 158 Å². The van der Waals surface area contributed by atoms with Crippen LogP contribution in [0.2, 0.25) is 0 Å². The predicted octanol–water partition coefficient (Wildman–Crippen LogP) is 21.4. The van der Waals surface area contributed by atoms with Crippen LogP contribution in [0.4, 0.5) is 41.6 Å². The largest absolute Gasteiger partial charge is 0.416 e. The van der Waals surface area contributed by atoms with Gasteiger partial charge in [-0.25, -0.2) is 39.2 Å². The van der Waals surface area contributed by atoms with Gasteiger partial charge < -0.3 is 9.13 Å². The highest BCUT2D eigenvalue weighted by atomic mass is 19.4. The number of halogens is 3. The summed E-state index contributed by atoms with van der Waals surface area (Å²) >= 11 is 0. The van der Waals surface area contributed by atoms with Gasteiger partial charge in [-0.15, -0.1) is 0 Å². The maximum atomic E-state index is 15.6. The number of aryl methyl sites for hydroxylation is 1. The Labute approximate surface area is 541 Å². The van der Waals surface area contributed by atoms with Crippen molar-refractivity contribution >= 4 is 72.0 Å². The molecular weight excluding hydrogens is 1190 g/mol. The first kappa shape index (κ1) is 58.4. The lowest BCUT2D eigenvalue weighted by Crippen LogP contribution is -2.09. The minimum Gasteiger partial charge on any atom is -0.308 e. The van der Waals surface area contributed by atoms with Crippen LogP contribution in [-0.2, 0) is 6.18 Å². The van der Waals surface area contributed by atoms with Crippen molar-refractivity contribution in [2.24, 2.45) is 0 Å². The summed E-state index contributed by atoms with van der Waals surface area (Å²) in [6.45, 7) is 41.3. The molecule has 13 nitrogen and oxygen atoms in total. The maximum Gasteiger partial charge on any atom is 0.416 e. The lowest BCUT2D eigenvalue weighted by molar-refractivity contribution is -0.137. The molecule has 0 saturated heterocycles. The van der Waals surface area contributed by atoms with Gasteiger partial charge in [0.1, 0.15) is 0 Å². The van der Waals surface area contributed by atoms with E-state index in [1.165, 1.54) is 30.3 Å². The van der Waals surface area contributed by atoms with Crippen LogP contribution in [0.5, 0.6) is 0 Å². The Hall–Kier alpha value is -14.3. The molecule has 0 radical (unpaired) electrons. The molecule has 3 aromatic heterocycles. The van der Waals surface area contributed by atoms with Crippen LogP contribution in [0.15, 0.2) is 212 Å². The van der Waals surface area contributed by atoms with Crippen molar-refractivity contribution in [3.63, 3.8) is 0 Å². The van der Waals surface area contributed by atoms with E-state index in [0.29, 0.717) is 99.7 Å². The molecular formula is C79H38F3N13. The van der Waals surface area contributed by atoms with Gasteiger partial charge in [-0.1, -0.05) is 127 Å². The molecule has 16 heteroatoms. The summed E-state index contributed by atoms with van der Waals surface area (Å²) < 4.78 is 50.7. The van der Waals surface area contributed by atoms with E-state index in [1.807, 2.05) is 113 Å². The first-order valence-corrected chi connectivity index (χ1v) is 29.2. The molecule has 0 atom stereocenters. The third-order valence-corrected chi connectivity index (χ3v) is 16.7. The standard InChI is InChI=1S/C79H38F3N13/c1-45-12-22-70(94-73-36-51(55-28-48(44-85)29-59(30-55)86-2)14-19-65(73)66-20-15-52(37-74(66)94)56-31-60(87-3)40-61(32-56)88-4)68(24-45)77-91-76(49-10-8-7-9-11-49)92-78(93-77)69-39-58(79(80,81)82)17-23-71(69)95-72-35-50(54-26-46(42-83)25-47(27-54)43-84)13-18-64(72)67-21-16-53(38-75(67)95)57-33-62(89-5)41-63(34-57)90-6/h7-41H,1H3. The lowest BCUT2D eigenvalue weighted by atomic mass is 9.99. The van der Waals surface area contributed by atoms with Crippen molar-refractivity contribution in [1.29, 1.82) is 15.8 Å². The molecule has 0 unspecified atom stereocenters. The Morgan fingerprint density at radius 1 is 0.347 bits per heavy atom. The average molecular weight is 1230 g/mol. The summed E-state index contributed by atoms with van der Waals surface area (Å²) in [7, 11) is 0. The van der Waals surface area contributed by atoms with Crippen molar-refractivity contribution < 1.29 is 13.2 Å². The molecule has 14 rings (SSSR count). The van der Waals surface area contributed by atoms with Crippen LogP contribution in [0, 0.1) is 73.8 Å². The Balaban J connectivity index is 1.07. The smallest absolute Gasteiger partial charge is 0.308 e. The molecule has 0 fully saturated rings. The van der Waals surface area contributed by atoms with Crippen molar-refractivity contribution in [2.75, 3.05) is 0 Å². The number of benzene rings is 11. The van der Waals surface area contributed by atoms with Gasteiger partial charge in [0, 0.05) is 43.8 Å². The van der Waals surface area contributed by atoms with E-state index in [-0.39, 0.29) is 68.3 Å². The number of aromatic nitrogens is 5. The molecule has 3 heterocycles. The molecule has 0 bridgehead atoms. The average Bonchev–Trinajstić information content (AvgIpc) is 1.59. The monoisotopic (exact) mass is 1230 g/mol. The van der Waals surface area contributed by atoms with Crippen LogP contribution < -0.4 is 0 Å². The normalized spacial score (nSPS) is 11.1. The Bertz CT molecular complexity index is 5640. The van der Waals surface area contributed by atoms with Crippen LogP contribution in [0.3, 0.4) is 0 Å². The highest BCUT2D eigenvalue weighted by Gasteiger charge is 2.33. The molecule has 95 heavy (non-hydrogen) atoms. The van der Waals surface area contributed by atoms with E-state index in [1.54, 1.807) is 72.8 Å². The molecule has 0 aliphatic carbocycles. The van der Waals surface area contributed by atoms with Gasteiger partial charge >= 0.3 is 6.18 Å². The summed E-state index contributed by atoms with van der Waals surface area (Å²) in [5.41, 5.74) is 10.9. The van der Waals surface area contributed by atoms with Gasteiger partial charge in [-0.3, -0.25) is 0 Å². The highest BCUT2D eigenvalue weighted by Crippen LogP contribution is 2.45. The van der Waals surface area contributed by atoms with E-state index in [2.05, 4.69) is 42.4 Å². The Kier molecular flexibility index (Phi) is 14.3. The van der Waals surface area contributed by atoms with Gasteiger partial charge in [0.15, 0.2) is 45.9 Å². The van der Waals surface area contributed by atoms with Crippen molar-refractivity contribution in [3.8, 4) is 108 Å². The molecule has 0 amide bonds. The van der Waals surface area contributed by atoms with Crippen LogP contribution in [0.1, 0.15) is 27.8 Å². The van der Waals surface area contributed by atoms with Gasteiger partial charge in [-0.2, -0.15) is 29.0 Å². The molecule has 14 aromatic rings. The summed E-state index contributed by atoms with van der Waals surface area (Å²) in [6.07, 6.45) is -4.87. The van der Waals surface area contributed by atoms with E-state index in [4.69, 9.17) is 47.8 Å². The summed E-state index contributed by atoms with van der Waals surface area (Å²) in [4.78, 5) is 33.9. The second kappa shape index (κ2) is 23.3. The summed E-state index contributed by atoms with van der Waals surface area (Å²) in [6, 6.07) is 67.2. The number of hydrogen-bond donors (Lipinski definition) is 0. The van der Waals surface area contributed by atoms with E-state index in [9.17, 15) is 15.8 Å². The molecule has 0 N–H and O–H groups in total. The molecule has 11 aromatic carbocycles. The topological polar surface area (TPSA) is 142 Å². The highest BCUT2D eigenvalue weighted by molar-refractivity contribution is 6.13. The second-order valence-corrected chi connectivity index (χ2v) is 22.5. The number of rotatable bonds is 9. The molecule has 440 valence electrons. The third kappa shape index (κ3) is 10.5. The van der Waals surface area contributed by atoms with Gasteiger partial charge in [0.05, 0.1) is 101 Å². The Morgan fingerprint density at radius 3 is 1.11 bits per heavy atom. The molecule has 0 aliphatic rings. The summed E-state index contributed by atoms with van der Waals surface area (Å²) in [5.74, 6) is 0.0804. The fourth-order valence-corrected chi connectivity index (χ4v) is 12.3. The van der Waals surface area contributed by atoms with Gasteiger partial charge in [0.2, 0.25) is 0 Å². The Morgan fingerprint density at radius 2 is 0.705 bits per heavy atom. The predicted molar refractivity (Wildman–Crippen MR) is 362 cm³/mol. The van der Waals surface area contributed by atoms with E-state index in [0.717, 1.165) is 28.5 Å². The SMILES string of the molecule is [C-]#[N+]c1cc(C#N)cc(-c2ccc3c4ccc(-c5cc([N+]#[C-])cc([N+]#[C-])c5)cc4n(-c4ccc(C)cc4-c4nc(-c5ccccc5)nc(-c5cc(C(F)(F)F)ccc5-n5c6cc(-c7cc(C#N)cc(C#N)c7)ccc6c6ccc(-c7cc([N+]#[C-])cc([N+]#[C-])c7)cc65)n4)c3c2)c1. The lowest BCUT2D eigenvalue weighted by Gasteiger charge is -2.18. The first-order valence-electron chi connectivity index (χ1n) is 29.2. The number of nitrogens with zero attached hydrogens (tertiary/aromatic N) is 13. The van der Waals surface area contributed by atoms with Crippen molar-refractivity contribution in [3.05, 3.63) is 297 Å². The number of nitriles is 3. The van der Waals surface area contributed by atoms with Crippen molar-refractivity contribution in [2.45, 2.75) is 13.1 Å². The second-order valence-electron chi connectivity index (χ2n) is 22.5. The molecule has 0 saturated carbocycles. The third-order valence-electron chi connectivity index (χ3n) is 16.7. The number of hydrogen-bond acceptors (Lipinski definition) is 6. The molecule has 0 aliphatic heterocycles. The van der Waals surface area contributed by atoms with Gasteiger partial charge in [-0.05, 0) is 142 Å². The zero-order valence-corrected chi connectivity index (χ0v) is 49.7. The zero-order chi connectivity index (χ0) is 65.8. The van der Waals surface area contributed by atoms with E-state index < -0.39 is 11.7 Å². The fourth-order valence-electron chi connectivity index (χ4n) is 12.3. The van der Waals surface area contributed by atoms with Crippen LogP contribution >= 0.6 is 0 Å². The quantitative estimate of drug-likeness (QED) is 0.132. The minimum absolute atomic E-state index is 0.0436. The first-order chi connectivity index (χ1) is 46.2. The zero-order valence-electron chi connectivity index (χ0n) is 49.7. The maximum absolute atomic E-state index is 15.6.